The Morgan fingerprint density at radius 3 is 2.58 bits per heavy atom. The van der Waals surface area contributed by atoms with Crippen LogP contribution in [0.2, 0.25) is 0 Å². The summed E-state index contributed by atoms with van der Waals surface area (Å²) in [6.07, 6.45) is 1.14. The Morgan fingerprint density at radius 2 is 2.00 bits per heavy atom. The van der Waals surface area contributed by atoms with Crippen molar-refractivity contribution in [1.29, 1.82) is 0 Å². The van der Waals surface area contributed by atoms with Gasteiger partial charge in [-0.05, 0) is 47.1 Å². The lowest BCUT2D eigenvalue weighted by Crippen LogP contribution is -2.48. The van der Waals surface area contributed by atoms with Gasteiger partial charge in [0, 0.05) is 31.7 Å². The van der Waals surface area contributed by atoms with Crippen LogP contribution in [-0.2, 0) is 0 Å². The number of rotatable bonds is 3. The highest BCUT2D eigenvalue weighted by Gasteiger charge is 2.22. The molecular formula is C14H18BrFN2O. The van der Waals surface area contributed by atoms with Gasteiger partial charge in [-0.2, -0.15) is 0 Å². The average Bonchev–Trinajstić information content (AvgIpc) is 2.42. The van der Waals surface area contributed by atoms with Gasteiger partial charge >= 0.3 is 0 Å². The summed E-state index contributed by atoms with van der Waals surface area (Å²) in [4.78, 5) is 16.5. The molecule has 1 saturated heterocycles. The Bertz CT molecular complexity index is 459. The molecule has 0 saturated carbocycles. The van der Waals surface area contributed by atoms with Crippen molar-refractivity contribution < 1.29 is 9.18 Å². The van der Waals surface area contributed by atoms with Crippen LogP contribution in [0.5, 0.6) is 0 Å². The van der Waals surface area contributed by atoms with Gasteiger partial charge in [0.25, 0.3) is 5.91 Å². The zero-order chi connectivity index (χ0) is 13.8. The van der Waals surface area contributed by atoms with Crippen LogP contribution in [0.25, 0.3) is 0 Å². The summed E-state index contributed by atoms with van der Waals surface area (Å²) in [6, 6.07) is 4.42. The highest BCUT2D eigenvalue weighted by atomic mass is 79.9. The van der Waals surface area contributed by atoms with Crippen molar-refractivity contribution in [1.82, 2.24) is 9.80 Å². The first-order chi connectivity index (χ1) is 9.11. The molecule has 1 fully saturated rings. The van der Waals surface area contributed by atoms with Crippen molar-refractivity contribution in [2.45, 2.75) is 13.3 Å². The lowest BCUT2D eigenvalue weighted by molar-refractivity contribution is 0.0637. The van der Waals surface area contributed by atoms with E-state index >= 15 is 0 Å². The predicted molar refractivity (Wildman–Crippen MR) is 76.7 cm³/mol. The minimum atomic E-state index is -0.343. The van der Waals surface area contributed by atoms with Crippen molar-refractivity contribution in [2.24, 2.45) is 0 Å². The van der Waals surface area contributed by atoms with Crippen LogP contribution in [0.4, 0.5) is 4.39 Å². The zero-order valence-electron chi connectivity index (χ0n) is 11.0. The minimum absolute atomic E-state index is 0.0168. The number of nitrogens with zero attached hydrogens (tertiary/aromatic N) is 2. The summed E-state index contributed by atoms with van der Waals surface area (Å²) < 4.78 is 13.5. The molecule has 0 N–H and O–H groups in total. The SMILES string of the molecule is CCCN1CCN(C(=O)c2ccc(F)c(Br)c2)CC1. The monoisotopic (exact) mass is 328 g/mol. The van der Waals surface area contributed by atoms with E-state index in [1.807, 2.05) is 4.90 Å². The number of carbonyl (C=O) groups is 1. The molecule has 1 aliphatic rings. The van der Waals surface area contributed by atoms with Crippen molar-refractivity contribution in [2.75, 3.05) is 32.7 Å². The van der Waals surface area contributed by atoms with Gasteiger partial charge in [0.05, 0.1) is 4.47 Å². The molecule has 3 nitrogen and oxygen atoms in total. The van der Waals surface area contributed by atoms with Crippen molar-refractivity contribution >= 4 is 21.8 Å². The molecule has 1 amide bonds. The third kappa shape index (κ3) is 3.54. The number of benzene rings is 1. The van der Waals surface area contributed by atoms with Crippen LogP contribution in [0.3, 0.4) is 0 Å². The minimum Gasteiger partial charge on any atom is -0.336 e. The predicted octanol–water partition coefficient (Wildman–Crippen LogP) is 2.76. The van der Waals surface area contributed by atoms with E-state index in [-0.39, 0.29) is 11.7 Å². The van der Waals surface area contributed by atoms with Gasteiger partial charge in [-0.3, -0.25) is 9.69 Å². The van der Waals surface area contributed by atoms with Crippen molar-refractivity contribution in [3.8, 4) is 0 Å². The summed E-state index contributed by atoms with van der Waals surface area (Å²) in [6.45, 7) is 6.57. The molecule has 5 heteroatoms. The lowest BCUT2D eigenvalue weighted by atomic mass is 10.1. The Balaban J connectivity index is 1.99. The first-order valence-electron chi connectivity index (χ1n) is 6.58. The largest absolute Gasteiger partial charge is 0.336 e. The summed E-state index contributed by atoms with van der Waals surface area (Å²) >= 11 is 3.11. The standard InChI is InChI=1S/C14H18BrFN2O/c1-2-5-17-6-8-18(9-7-17)14(19)11-3-4-13(16)12(15)10-11/h3-4,10H,2,5-9H2,1H3. The maximum atomic E-state index is 13.2. The fourth-order valence-electron chi connectivity index (χ4n) is 2.30. The molecule has 1 aromatic rings. The van der Waals surface area contributed by atoms with Gasteiger partial charge in [0.2, 0.25) is 0 Å². The van der Waals surface area contributed by atoms with E-state index < -0.39 is 0 Å². The molecule has 0 radical (unpaired) electrons. The van der Waals surface area contributed by atoms with Gasteiger partial charge in [-0.1, -0.05) is 6.92 Å². The lowest BCUT2D eigenvalue weighted by Gasteiger charge is -2.34. The van der Waals surface area contributed by atoms with Gasteiger partial charge in [-0.25, -0.2) is 4.39 Å². The molecule has 1 aliphatic heterocycles. The second-order valence-electron chi connectivity index (χ2n) is 4.76. The number of amides is 1. The number of carbonyl (C=O) groups excluding carboxylic acids is 1. The third-order valence-electron chi connectivity index (χ3n) is 3.37. The molecule has 0 atom stereocenters. The molecular weight excluding hydrogens is 311 g/mol. The van der Waals surface area contributed by atoms with E-state index in [0.29, 0.717) is 10.0 Å². The number of piperazine rings is 1. The van der Waals surface area contributed by atoms with E-state index in [1.165, 1.54) is 6.07 Å². The summed E-state index contributed by atoms with van der Waals surface area (Å²) in [5, 5.41) is 0. The van der Waals surface area contributed by atoms with E-state index in [0.717, 1.165) is 39.1 Å². The number of hydrogen-bond donors (Lipinski definition) is 0. The van der Waals surface area contributed by atoms with Crippen LogP contribution in [0, 0.1) is 5.82 Å². The summed E-state index contributed by atoms with van der Waals surface area (Å²) in [5.74, 6) is -0.360. The van der Waals surface area contributed by atoms with E-state index in [9.17, 15) is 9.18 Å². The average molecular weight is 329 g/mol. The molecule has 1 heterocycles. The maximum absolute atomic E-state index is 13.2. The molecule has 0 spiro atoms. The molecule has 0 aromatic heterocycles. The fraction of sp³-hybridized carbons (Fsp3) is 0.500. The van der Waals surface area contributed by atoms with Crippen molar-refractivity contribution in [3.05, 3.63) is 34.1 Å². The quantitative estimate of drug-likeness (QED) is 0.851. The third-order valence-corrected chi connectivity index (χ3v) is 3.97. The molecule has 19 heavy (non-hydrogen) atoms. The molecule has 0 bridgehead atoms. The van der Waals surface area contributed by atoms with E-state index in [1.54, 1.807) is 12.1 Å². The summed E-state index contributed by atoms with van der Waals surface area (Å²) in [5.41, 5.74) is 0.539. The van der Waals surface area contributed by atoms with Gasteiger partial charge in [0.1, 0.15) is 5.82 Å². The highest BCUT2D eigenvalue weighted by Crippen LogP contribution is 2.18. The van der Waals surface area contributed by atoms with Crippen LogP contribution < -0.4 is 0 Å². The zero-order valence-corrected chi connectivity index (χ0v) is 12.6. The maximum Gasteiger partial charge on any atom is 0.253 e. The molecule has 0 unspecified atom stereocenters. The number of hydrogen-bond acceptors (Lipinski definition) is 2. The Labute approximate surface area is 121 Å². The Hall–Kier alpha value is -0.940. The first kappa shape index (κ1) is 14.5. The second-order valence-corrected chi connectivity index (χ2v) is 5.62. The smallest absolute Gasteiger partial charge is 0.253 e. The van der Waals surface area contributed by atoms with E-state index in [2.05, 4.69) is 27.8 Å². The highest BCUT2D eigenvalue weighted by molar-refractivity contribution is 9.10. The molecule has 0 aliphatic carbocycles. The molecule has 104 valence electrons. The normalized spacial score (nSPS) is 16.7. The molecule has 1 aromatic carbocycles. The Kier molecular flexibility index (Phi) is 4.93. The number of halogens is 2. The van der Waals surface area contributed by atoms with Crippen LogP contribution >= 0.6 is 15.9 Å². The van der Waals surface area contributed by atoms with Crippen molar-refractivity contribution in [3.63, 3.8) is 0 Å². The van der Waals surface area contributed by atoms with Crippen LogP contribution in [0.1, 0.15) is 23.7 Å². The van der Waals surface area contributed by atoms with Gasteiger partial charge in [0.15, 0.2) is 0 Å². The van der Waals surface area contributed by atoms with Crippen LogP contribution in [-0.4, -0.2) is 48.4 Å². The Morgan fingerprint density at radius 1 is 1.32 bits per heavy atom. The second kappa shape index (κ2) is 6.48. The van der Waals surface area contributed by atoms with E-state index in [4.69, 9.17) is 0 Å². The van der Waals surface area contributed by atoms with Crippen LogP contribution in [0.15, 0.2) is 22.7 Å². The topological polar surface area (TPSA) is 23.6 Å². The summed E-state index contributed by atoms with van der Waals surface area (Å²) in [7, 11) is 0. The molecule has 2 rings (SSSR count). The van der Waals surface area contributed by atoms with Gasteiger partial charge < -0.3 is 4.90 Å². The fourth-order valence-corrected chi connectivity index (χ4v) is 2.68. The van der Waals surface area contributed by atoms with Gasteiger partial charge in [-0.15, -0.1) is 0 Å². The first-order valence-corrected chi connectivity index (χ1v) is 7.37.